The molecule has 0 saturated carbocycles. The van der Waals surface area contributed by atoms with E-state index in [0.29, 0.717) is 19.0 Å². The van der Waals surface area contributed by atoms with Crippen molar-refractivity contribution in [1.82, 2.24) is 15.3 Å². The summed E-state index contributed by atoms with van der Waals surface area (Å²) in [7, 11) is 0. The van der Waals surface area contributed by atoms with Crippen LogP contribution in [0.1, 0.15) is 18.1 Å². The maximum Gasteiger partial charge on any atom is 0.223 e. The van der Waals surface area contributed by atoms with Gasteiger partial charge in [0.05, 0.1) is 12.3 Å². The van der Waals surface area contributed by atoms with Crippen LogP contribution in [-0.2, 0) is 13.0 Å². The van der Waals surface area contributed by atoms with E-state index in [1.54, 1.807) is 18.3 Å². The van der Waals surface area contributed by atoms with Crippen LogP contribution in [-0.4, -0.2) is 39.4 Å². The summed E-state index contributed by atoms with van der Waals surface area (Å²) in [5.41, 5.74) is 4.16. The van der Waals surface area contributed by atoms with Crippen LogP contribution in [0.4, 0.5) is 5.95 Å². The van der Waals surface area contributed by atoms with Crippen LogP contribution in [0, 0.1) is 0 Å². The molecule has 4 N–H and O–H groups in total. The maximum absolute atomic E-state index is 9.34. The molecule has 0 amide bonds. The molecule has 1 heterocycles. The molecule has 0 fully saturated rings. The van der Waals surface area contributed by atoms with Crippen LogP contribution in [0.3, 0.4) is 0 Å². The Morgan fingerprint density at radius 3 is 2.64 bits per heavy atom. The van der Waals surface area contributed by atoms with E-state index >= 15 is 0 Å². The van der Waals surface area contributed by atoms with E-state index in [1.165, 1.54) is 0 Å². The number of aromatic hydroxyl groups is 1. The van der Waals surface area contributed by atoms with Gasteiger partial charge in [0.1, 0.15) is 5.75 Å². The van der Waals surface area contributed by atoms with Gasteiger partial charge in [0.25, 0.3) is 0 Å². The first-order valence-electron chi connectivity index (χ1n) is 9.42. The normalized spacial score (nSPS) is 11.9. The lowest BCUT2D eigenvalue weighted by Crippen LogP contribution is -2.28. The Labute approximate surface area is 165 Å². The molecule has 3 aromatic rings. The maximum atomic E-state index is 9.34. The summed E-state index contributed by atoms with van der Waals surface area (Å²) >= 11 is 0. The van der Waals surface area contributed by atoms with E-state index in [1.807, 2.05) is 37.3 Å². The van der Waals surface area contributed by atoms with Crippen molar-refractivity contribution in [1.29, 1.82) is 0 Å². The Morgan fingerprint density at radius 1 is 1.04 bits per heavy atom. The molecule has 6 nitrogen and oxygen atoms in total. The Bertz CT molecular complexity index is 884. The molecule has 2 aromatic carbocycles. The number of rotatable bonds is 9. The standard InChI is InChI=1S/C22H26N4O2/c1-16(15-27)25-14-18-3-2-4-19(13-18)21-10-12-24-22(26-21)23-11-9-17-5-7-20(28)8-6-17/h2-8,10,12-13,16,25,27-28H,9,11,14-15H2,1H3,(H,23,24,26)/t16-/m0/s1. The Hall–Kier alpha value is -2.96. The molecule has 0 radical (unpaired) electrons. The molecule has 146 valence electrons. The van der Waals surface area contributed by atoms with Crippen LogP contribution in [0.5, 0.6) is 5.75 Å². The minimum absolute atomic E-state index is 0.0621. The molecule has 0 aliphatic rings. The molecule has 1 aromatic heterocycles. The number of nitrogens with zero attached hydrogens (tertiary/aromatic N) is 2. The summed E-state index contributed by atoms with van der Waals surface area (Å²) in [6.45, 7) is 3.46. The third-order valence-electron chi connectivity index (χ3n) is 4.44. The van der Waals surface area contributed by atoms with Crippen molar-refractivity contribution in [2.75, 3.05) is 18.5 Å². The van der Waals surface area contributed by atoms with E-state index < -0.39 is 0 Å². The summed E-state index contributed by atoms with van der Waals surface area (Å²) in [4.78, 5) is 8.92. The fourth-order valence-corrected chi connectivity index (χ4v) is 2.78. The quantitative estimate of drug-likeness (QED) is 0.458. The fraction of sp³-hybridized carbons (Fsp3) is 0.273. The van der Waals surface area contributed by atoms with Crippen LogP contribution < -0.4 is 10.6 Å². The first-order chi connectivity index (χ1) is 13.6. The third-order valence-corrected chi connectivity index (χ3v) is 4.44. The van der Waals surface area contributed by atoms with Crippen molar-refractivity contribution in [2.24, 2.45) is 0 Å². The highest BCUT2D eigenvalue weighted by molar-refractivity contribution is 5.60. The Morgan fingerprint density at radius 2 is 1.86 bits per heavy atom. The molecule has 0 unspecified atom stereocenters. The average Bonchev–Trinajstić information content (AvgIpc) is 2.74. The minimum Gasteiger partial charge on any atom is -0.508 e. The van der Waals surface area contributed by atoms with E-state index in [2.05, 4.69) is 32.7 Å². The number of nitrogens with one attached hydrogen (secondary N) is 2. The lowest BCUT2D eigenvalue weighted by atomic mass is 10.1. The van der Waals surface area contributed by atoms with Gasteiger partial charge >= 0.3 is 0 Å². The van der Waals surface area contributed by atoms with Crippen LogP contribution in [0.2, 0.25) is 0 Å². The molecule has 0 aliphatic carbocycles. The average molecular weight is 378 g/mol. The zero-order valence-electron chi connectivity index (χ0n) is 16.0. The summed E-state index contributed by atoms with van der Waals surface area (Å²) in [6.07, 6.45) is 2.57. The number of phenolic OH excluding ortho intramolecular Hbond substituents is 1. The number of phenols is 1. The second kappa shape index (κ2) is 9.82. The zero-order valence-corrected chi connectivity index (χ0v) is 16.0. The Kier molecular flexibility index (Phi) is 6.94. The van der Waals surface area contributed by atoms with Crippen LogP contribution in [0.25, 0.3) is 11.3 Å². The van der Waals surface area contributed by atoms with Crippen molar-refractivity contribution >= 4 is 5.95 Å². The number of hydrogen-bond donors (Lipinski definition) is 4. The largest absolute Gasteiger partial charge is 0.508 e. The van der Waals surface area contributed by atoms with Gasteiger partial charge in [-0.1, -0.05) is 30.3 Å². The number of aromatic nitrogens is 2. The van der Waals surface area contributed by atoms with E-state index in [-0.39, 0.29) is 18.4 Å². The highest BCUT2D eigenvalue weighted by Gasteiger charge is 2.05. The second-order valence-corrected chi connectivity index (χ2v) is 6.77. The minimum atomic E-state index is 0.0621. The summed E-state index contributed by atoms with van der Waals surface area (Å²) in [5.74, 6) is 0.865. The summed E-state index contributed by atoms with van der Waals surface area (Å²) < 4.78 is 0. The second-order valence-electron chi connectivity index (χ2n) is 6.77. The van der Waals surface area contributed by atoms with Crippen molar-refractivity contribution in [3.8, 4) is 17.0 Å². The van der Waals surface area contributed by atoms with Gasteiger partial charge in [-0.2, -0.15) is 0 Å². The van der Waals surface area contributed by atoms with Gasteiger partial charge in [-0.05, 0) is 48.7 Å². The van der Waals surface area contributed by atoms with E-state index in [0.717, 1.165) is 28.8 Å². The molecule has 0 bridgehead atoms. The molecule has 0 spiro atoms. The lowest BCUT2D eigenvalue weighted by molar-refractivity contribution is 0.251. The van der Waals surface area contributed by atoms with Gasteiger partial charge in [-0.15, -0.1) is 0 Å². The third kappa shape index (κ3) is 5.77. The number of aliphatic hydroxyl groups is 1. The molecule has 0 saturated heterocycles. The van der Waals surface area contributed by atoms with Gasteiger partial charge in [-0.3, -0.25) is 0 Å². The van der Waals surface area contributed by atoms with E-state index in [4.69, 9.17) is 5.11 Å². The lowest BCUT2D eigenvalue weighted by Gasteiger charge is -2.11. The summed E-state index contributed by atoms with van der Waals surface area (Å²) in [5, 5.41) is 25.0. The highest BCUT2D eigenvalue weighted by Crippen LogP contribution is 2.19. The van der Waals surface area contributed by atoms with Gasteiger partial charge < -0.3 is 20.8 Å². The molecular formula is C22H26N4O2. The fourth-order valence-electron chi connectivity index (χ4n) is 2.78. The highest BCUT2D eigenvalue weighted by atomic mass is 16.3. The Balaban J connectivity index is 1.61. The monoisotopic (exact) mass is 378 g/mol. The van der Waals surface area contributed by atoms with Crippen molar-refractivity contribution < 1.29 is 10.2 Å². The predicted molar refractivity (Wildman–Crippen MR) is 111 cm³/mol. The van der Waals surface area contributed by atoms with Crippen molar-refractivity contribution in [3.05, 3.63) is 71.9 Å². The zero-order chi connectivity index (χ0) is 19.8. The first-order valence-corrected chi connectivity index (χ1v) is 9.42. The van der Waals surface area contributed by atoms with Crippen molar-refractivity contribution in [2.45, 2.75) is 25.9 Å². The number of hydrogen-bond acceptors (Lipinski definition) is 6. The molecule has 6 heteroatoms. The smallest absolute Gasteiger partial charge is 0.223 e. The SMILES string of the molecule is C[C@@H](CO)NCc1cccc(-c2ccnc(NCCc3ccc(O)cc3)n2)c1. The molecule has 0 aliphatic heterocycles. The van der Waals surface area contributed by atoms with Crippen molar-refractivity contribution in [3.63, 3.8) is 0 Å². The van der Waals surface area contributed by atoms with Gasteiger partial charge in [-0.25, -0.2) is 9.97 Å². The molecule has 1 atom stereocenters. The molecule has 3 rings (SSSR count). The predicted octanol–water partition coefficient (Wildman–Crippen LogP) is 2.97. The van der Waals surface area contributed by atoms with Gasteiger partial charge in [0.2, 0.25) is 5.95 Å². The number of aliphatic hydroxyl groups excluding tert-OH is 1. The molecular weight excluding hydrogens is 352 g/mol. The van der Waals surface area contributed by atoms with E-state index in [9.17, 15) is 5.11 Å². The van der Waals surface area contributed by atoms with Crippen LogP contribution >= 0.6 is 0 Å². The first kappa shape index (κ1) is 19.8. The van der Waals surface area contributed by atoms with Gasteiger partial charge in [0, 0.05) is 30.9 Å². The number of benzene rings is 2. The summed E-state index contributed by atoms with van der Waals surface area (Å²) in [6, 6.07) is 17.3. The van der Waals surface area contributed by atoms with Gasteiger partial charge in [0.15, 0.2) is 0 Å². The van der Waals surface area contributed by atoms with Crippen LogP contribution in [0.15, 0.2) is 60.8 Å². The molecule has 28 heavy (non-hydrogen) atoms. The topological polar surface area (TPSA) is 90.3 Å². The number of anilines is 1.